The van der Waals surface area contributed by atoms with Gasteiger partial charge in [-0.3, -0.25) is 0 Å². The number of carbonyl (C=O) groups is 2. The van der Waals surface area contributed by atoms with E-state index in [1.54, 1.807) is 13.8 Å². The summed E-state index contributed by atoms with van der Waals surface area (Å²) in [7, 11) is 1.17. The Morgan fingerprint density at radius 2 is 1.78 bits per heavy atom. The van der Waals surface area contributed by atoms with Crippen LogP contribution in [-0.2, 0) is 9.53 Å². The number of rotatable bonds is 5. The summed E-state index contributed by atoms with van der Waals surface area (Å²) in [5.41, 5.74) is -0.185. The number of urea groups is 1. The Morgan fingerprint density at radius 1 is 1.17 bits per heavy atom. The lowest BCUT2D eigenvalue weighted by atomic mass is 10.1. The van der Waals surface area contributed by atoms with Gasteiger partial charge in [0.05, 0.1) is 12.8 Å². The highest BCUT2D eigenvalue weighted by Crippen LogP contribution is 2.29. The third kappa shape index (κ3) is 6.05. The maximum Gasteiger partial charge on any atom is 0.573 e. The molecule has 0 fully saturated rings. The first-order valence-corrected chi connectivity index (χ1v) is 6.64. The van der Waals surface area contributed by atoms with Gasteiger partial charge in [0, 0.05) is 0 Å². The number of amides is 2. The van der Waals surface area contributed by atoms with Gasteiger partial charge in [-0.05, 0) is 18.1 Å². The number of anilines is 1. The van der Waals surface area contributed by atoms with Gasteiger partial charge in [-0.25, -0.2) is 9.59 Å². The van der Waals surface area contributed by atoms with Gasteiger partial charge in [-0.2, -0.15) is 0 Å². The van der Waals surface area contributed by atoms with Crippen molar-refractivity contribution in [1.29, 1.82) is 0 Å². The van der Waals surface area contributed by atoms with E-state index in [9.17, 15) is 22.8 Å². The molecule has 6 nitrogen and oxygen atoms in total. The molecule has 0 aliphatic rings. The van der Waals surface area contributed by atoms with E-state index >= 15 is 0 Å². The van der Waals surface area contributed by atoms with Gasteiger partial charge >= 0.3 is 18.4 Å². The van der Waals surface area contributed by atoms with E-state index in [0.29, 0.717) is 0 Å². The van der Waals surface area contributed by atoms with Gasteiger partial charge in [0.2, 0.25) is 0 Å². The van der Waals surface area contributed by atoms with Crippen molar-refractivity contribution in [3.8, 4) is 5.75 Å². The molecule has 128 valence electrons. The molecule has 0 aliphatic carbocycles. The van der Waals surface area contributed by atoms with E-state index in [0.717, 1.165) is 6.07 Å². The predicted molar refractivity (Wildman–Crippen MR) is 75.9 cm³/mol. The number of carbonyl (C=O) groups excluding carboxylic acids is 2. The molecular formula is C14H17F3N2O4. The quantitative estimate of drug-likeness (QED) is 0.812. The van der Waals surface area contributed by atoms with Gasteiger partial charge in [0.25, 0.3) is 0 Å². The van der Waals surface area contributed by atoms with Gasteiger partial charge < -0.3 is 20.1 Å². The smallest absolute Gasteiger partial charge is 0.467 e. The van der Waals surface area contributed by atoms with Crippen molar-refractivity contribution in [3.05, 3.63) is 24.3 Å². The molecule has 23 heavy (non-hydrogen) atoms. The Labute approximate surface area is 130 Å². The topological polar surface area (TPSA) is 76.7 Å². The molecule has 1 aromatic rings. The van der Waals surface area contributed by atoms with Crippen LogP contribution in [0.25, 0.3) is 0 Å². The molecule has 0 radical (unpaired) electrons. The summed E-state index contributed by atoms with van der Waals surface area (Å²) >= 11 is 0. The molecule has 0 bridgehead atoms. The first-order valence-electron chi connectivity index (χ1n) is 6.64. The predicted octanol–water partition coefficient (Wildman–Crippen LogP) is 2.90. The maximum absolute atomic E-state index is 12.3. The third-order valence-corrected chi connectivity index (χ3v) is 2.77. The normalized spacial score (nSPS) is 12.5. The number of hydrogen-bond acceptors (Lipinski definition) is 4. The van der Waals surface area contributed by atoms with Crippen LogP contribution in [0.3, 0.4) is 0 Å². The summed E-state index contributed by atoms with van der Waals surface area (Å²) < 4.78 is 45.3. The van der Waals surface area contributed by atoms with E-state index in [1.807, 2.05) is 0 Å². The molecule has 1 atom stereocenters. The number of halogens is 3. The third-order valence-electron chi connectivity index (χ3n) is 2.77. The fraction of sp³-hybridized carbons (Fsp3) is 0.429. The molecule has 2 amide bonds. The molecule has 0 saturated carbocycles. The number of ether oxygens (including phenoxy) is 2. The summed E-state index contributed by atoms with van der Waals surface area (Å²) in [6, 6.07) is 3.27. The summed E-state index contributed by atoms with van der Waals surface area (Å²) in [5, 5.41) is 4.56. The molecule has 0 saturated heterocycles. The Balaban J connectivity index is 2.83. The fourth-order valence-corrected chi connectivity index (χ4v) is 1.71. The Bertz CT molecular complexity index is 561. The largest absolute Gasteiger partial charge is 0.573 e. The molecule has 1 aromatic carbocycles. The molecule has 1 rings (SSSR count). The molecule has 0 aliphatic heterocycles. The number of esters is 1. The van der Waals surface area contributed by atoms with E-state index in [-0.39, 0.29) is 11.6 Å². The lowest BCUT2D eigenvalue weighted by Gasteiger charge is -2.20. The van der Waals surface area contributed by atoms with Crippen molar-refractivity contribution in [2.45, 2.75) is 26.3 Å². The standard InChI is InChI=1S/C14H17F3N2O4/c1-8(2)11(12(20)22-3)19-13(21)18-9-6-4-5-7-10(9)23-14(15,16)17/h4-8,11H,1-3H3,(H2,18,19,21). The van der Waals surface area contributed by atoms with Crippen LogP contribution in [0.15, 0.2) is 24.3 Å². The van der Waals surface area contributed by atoms with Crippen molar-refractivity contribution in [2.24, 2.45) is 5.92 Å². The van der Waals surface area contributed by atoms with E-state index < -0.39 is 30.2 Å². The Kier molecular flexibility index (Phi) is 6.23. The minimum atomic E-state index is -4.89. The van der Waals surface area contributed by atoms with Crippen LogP contribution in [0.5, 0.6) is 5.75 Å². The monoisotopic (exact) mass is 334 g/mol. The summed E-state index contributed by atoms with van der Waals surface area (Å²) in [4.78, 5) is 23.5. The van der Waals surface area contributed by atoms with Crippen molar-refractivity contribution in [1.82, 2.24) is 5.32 Å². The van der Waals surface area contributed by atoms with Crippen LogP contribution in [0.4, 0.5) is 23.7 Å². The first-order chi connectivity index (χ1) is 10.6. The number of methoxy groups -OCH3 is 1. The Morgan fingerprint density at radius 3 is 2.30 bits per heavy atom. The molecule has 1 unspecified atom stereocenters. The second-order valence-electron chi connectivity index (χ2n) is 4.89. The molecule has 9 heteroatoms. The SMILES string of the molecule is COC(=O)C(NC(=O)Nc1ccccc1OC(F)(F)F)C(C)C. The minimum Gasteiger partial charge on any atom is -0.467 e. The summed E-state index contributed by atoms with van der Waals surface area (Å²) in [6.07, 6.45) is -4.89. The number of benzene rings is 1. The zero-order valence-corrected chi connectivity index (χ0v) is 12.7. The van der Waals surface area contributed by atoms with Crippen molar-refractivity contribution in [2.75, 3.05) is 12.4 Å². The molecule has 0 spiro atoms. The highest BCUT2D eigenvalue weighted by atomic mass is 19.4. The van der Waals surface area contributed by atoms with Gasteiger partial charge in [-0.1, -0.05) is 26.0 Å². The molecule has 0 heterocycles. The van der Waals surface area contributed by atoms with Crippen LogP contribution in [-0.4, -0.2) is 31.5 Å². The minimum absolute atomic E-state index is 0.185. The second-order valence-corrected chi connectivity index (χ2v) is 4.89. The number of hydrogen-bond donors (Lipinski definition) is 2. The molecule has 2 N–H and O–H groups in total. The average molecular weight is 334 g/mol. The number of alkyl halides is 3. The highest BCUT2D eigenvalue weighted by Gasteiger charge is 2.32. The molecular weight excluding hydrogens is 317 g/mol. The van der Waals surface area contributed by atoms with Crippen LogP contribution in [0.2, 0.25) is 0 Å². The van der Waals surface area contributed by atoms with Gasteiger partial charge in [-0.15, -0.1) is 13.2 Å². The van der Waals surface area contributed by atoms with Crippen LogP contribution >= 0.6 is 0 Å². The molecule has 0 aromatic heterocycles. The van der Waals surface area contributed by atoms with Crippen molar-refractivity contribution in [3.63, 3.8) is 0 Å². The summed E-state index contributed by atoms with van der Waals surface area (Å²) in [6.45, 7) is 3.37. The average Bonchev–Trinajstić information content (AvgIpc) is 2.44. The Hall–Kier alpha value is -2.45. The summed E-state index contributed by atoms with van der Waals surface area (Å²) in [5.74, 6) is -1.49. The van der Waals surface area contributed by atoms with Crippen LogP contribution in [0.1, 0.15) is 13.8 Å². The zero-order chi connectivity index (χ0) is 17.6. The van der Waals surface area contributed by atoms with E-state index in [4.69, 9.17) is 0 Å². The van der Waals surface area contributed by atoms with E-state index in [1.165, 1.54) is 25.3 Å². The lowest BCUT2D eigenvalue weighted by Crippen LogP contribution is -2.46. The number of para-hydroxylation sites is 2. The number of nitrogens with one attached hydrogen (secondary N) is 2. The first kappa shape index (κ1) is 18.6. The second kappa shape index (κ2) is 7.70. The van der Waals surface area contributed by atoms with Crippen molar-refractivity contribution < 1.29 is 32.2 Å². The van der Waals surface area contributed by atoms with Gasteiger partial charge in [0.15, 0.2) is 5.75 Å². The zero-order valence-electron chi connectivity index (χ0n) is 12.7. The van der Waals surface area contributed by atoms with Gasteiger partial charge in [0.1, 0.15) is 6.04 Å². The van der Waals surface area contributed by atoms with Crippen LogP contribution < -0.4 is 15.4 Å². The van der Waals surface area contributed by atoms with E-state index in [2.05, 4.69) is 20.1 Å². The van der Waals surface area contributed by atoms with Crippen molar-refractivity contribution >= 4 is 17.7 Å². The van der Waals surface area contributed by atoms with Crippen LogP contribution in [0, 0.1) is 5.92 Å². The maximum atomic E-state index is 12.3. The highest BCUT2D eigenvalue weighted by molar-refractivity contribution is 5.93. The lowest BCUT2D eigenvalue weighted by molar-refractivity contribution is -0.274. The fourth-order valence-electron chi connectivity index (χ4n) is 1.71.